The Morgan fingerprint density at radius 1 is 1.17 bits per heavy atom. The summed E-state index contributed by atoms with van der Waals surface area (Å²) in [6.07, 6.45) is 6.95. The minimum absolute atomic E-state index is 0.528. The molecule has 24 heavy (non-hydrogen) atoms. The lowest BCUT2D eigenvalue weighted by molar-refractivity contribution is 0.828. The number of nitrogens with zero attached hydrogens (tertiary/aromatic N) is 4. The normalized spacial score (nSPS) is 11.5. The lowest BCUT2D eigenvalue weighted by Gasteiger charge is -2.11. The third-order valence-electron chi connectivity index (χ3n) is 3.25. The first kappa shape index (κ1) is 17.1. The van der Waals surface area contributed by atoms with E-state index >= 15 is 0 Å². The summed E-state index contributed by atoms with van der Waals surface area (Å²) in [7, 11) is 0. The Kier molecular flexibility index (Phi) is 5.65. The summed E-state index contributed by atoms with van der Waals surface area (Å²) in [6, 6.07) is 9.37. The molecular formula is C16H12Br2ClN5. The molecule has 122 valence electrons. The molecule has 1 aromatic carbocycles. The maximum Gasteiger partial charge on any atom is 0.105 e. The van der Waals surface area contributed by atoms with Crippen LogP contribution in [-0.4, -0.2) is 20.2 Å². The van der Waals surface area contributed by atoms with Gasteiger partial charge in [-0.2, -0.15) is 5.10 Å². The van der Waals surface area contributed by atoms with Crippen molar-refractivity contribution in [2.75, 3.05) is 5.43 Å². The number of hydrazone groups is 1. The average Bonchev–Trinajstić information content (AvgIpc) is 2.98. The quantitative estimate of drug-likeness (QED) is 0.424. The van der Waals surface area contributed by atoms with E-state index in [-0.39, 0.29) is 0 Å². The number of hydrogen-bond acceptors (Lipinski definition) is 4. The van der Waals surface area contributed by atoms with Crippen LogP contribution in [0.3, 0.4) is 0 Å². The predicted molar refractivity (Wildman–Crippen MR) is 103 cm³/mol. The summed E-state index contributed by atoms with van der Waals surface area (Å²) in [6.45, 7) is 0.528. The van der Waals surface area contributed by atoms with Gasteiger partial charge in [0.2, 0.25) is 0 Å². The number of aromatic nitrogens is 3. The van der Waals surface area contributed by atoms with E-state index in [2.05, 4.69) is 52.4 Å². The summed E-state index contributed by atoms with van der Waals surface area (Å²) < 4.78 is 3.68. The van der Waals surface area contributed by atoms with Crippen LogP contribution in [0.1, 0.15) is 5.56 Å². The van der Waals surface area contributed by atoms with Crippen molar-refractivity contribution in [3.8, 4) is 0 Å². The van der Waals surface area contributed by atoms with Crippen molar-refractivity contribution >= 4 is 54.9 Å². The Balaban J connectivity index is 1.95. The maximum absolute atomic E-state index is 6.18. The van der Waals surface area contributed by atoms with E-state index in [9.17, 15) is 0 Å². The van der Waals surface area contributed by atoms with Gasteiger partial charge in [0.1, 0.15) is 4.60 Å². The van der Waals surface area contributed by atoms with Gasteiger partial charge in [0.15, 0.2) is 0 Å². The molecule has 0 aliphatic carbocycles. The van der Waals surface area contributed by atoms with Crippen LogP contribution < -0.4 is 5.43 Å². The Labute approximate surface area is 161 Å². The van der Waals surface area contributed by atoms with Crippen LogP contribution in [0.2, 0.25) is 5.02 Å². The first-order valence-electron chi connectivity index (χ1n) is 6.98. The van der Waals surface area contributed by atoms with Crippen LogP contribution in [0.15, 0.2) is 69.4 Å². The predicted octanol–water partition coefficient (Wildman–Crippen LogP) is 4.97. The Hall–Kier alpha value is -1.70. The van der Waals surface area contributed by atoms with Gasteiger partial charge >= 0.3 is 0 Å². The summed E-state index contributed by atoms with van der Waals surface area (Å²) in [5, 5.41) is 5.17. The van der Waals surface area contributed by atoms with Crippen LogP contribution in [0.4, 0.5) is 5.69 Å². The summed E-state index contributed by atoms with van der Waals surface area (Å²) in [5.41, 5.74) is 5.52. The fourth-order valence-electron chi connectivity index (χ4n) is 2.05. The maximum atomic E-state index is 6.18. The molecule has 0 unspecified atom stereocenters. The van der Waals surface area contributed by atoms with Crippen molar-refractivity contribution in [3.05, 3.63) is 74.9 Å². The molecule has 0 atom stereocenters. The monoisotopic (exact) mass is 467 g/mol. The first-order chi connectivity index (χ1) is 11.6. The molecule has 1 N–H and O–H groups in total. The highest BCUT2D eigenvalue weighted by Gasteiger charge is 2.11. The molecule has 2 heterocycles. The number of halogens is 3. The topological polar surface area (TPSA) is 55.1 Å². The molecule has 8 heteroatoms. The highest BCUT2D eigenvalue weighted by atomic mass is 79.9. The van der Waals surface area contributed by atoms with Gasteiger partial charge in [-0.15, -0.1) is 0 Å². The SMILES string of the molecule is Clc1ccccc1NN=C(Cn1cncc1Br)c1ccncc1Br. The molecule has 0 spiro atoms. The van der Waals surface area contributed by atoms with Crippen molar-refractivity contribution in [3.63, 3.8) is 0 Å². The molecule has 0 aliphatic rings. The van der Waals surface area contributed by atoms with Gasteiger partial charge in [-0.3, -0.25) is 10.4 Å². The van der Waals surface area contributed by atoms with Crippen LogP contribution >= 0.6 is 43.5 Å². The van der Waals surface area contributed by atoms with Gasteiger partial charge in [0.25, 0.3) is 0 Å². The molecule has 3 rings (SSSR count). The molecule has 2 aromatic heterocycles. The highest BCUT2D eigenvalue weighted by Crippen LogP contribution is 2.22. The Morgan fingerprint density at radius 3 is 2.71 bits per heavy atom. The van der Waals surface area contributed by atoms with Gasteiger partial charge in [0, 0.05) is 22.4 Å². The van der Waals surface area contributed by atoms with E-state index in [4.69, 9.17) is 11.6 Å². The number of anilines is 1. The Morgan fingerprint density at radius 2 is 2.00 bits per heavy atom. The molecule has 3 aromatic rings. The van der Waals surface area contributed by atoms with Crippen LogP contribution in [0, 0.1) is 0 Å². The van der Waals surface area contributed by atoms with Gasteiger partial charge in [-0.05, 0) is 50.1 Å². The zero-order chi connectivity index (χ0) is 16.9. The minimum Gasteiger partial charge on any atom is -0.319 e. The van der Waals surface area contributed by atoms with E-state index in [0.29, 0.717) is 11.6 Å². The lowest BCUT2D eigenvalue weighted by Crippen LogP contribution is -2.14. The number of pyridine rings is 1. The third-order valence-corrected chi connectivity index (χ3v) is 4.87. The lowest BCUT2D eigenvalue weighted by atomic mass is 10.1. The van der Waals surface area contributed by atoms with Crippen LogP contribution in [0.5, 0.6) is 0 Å². The zero-order valence-corrected chi connectivity index (χ0v) is 16.3. The second-order valence-corrected chi connectivity index (χ2v) is 6.92. The average molecular weight is 470 g/mol. The molecule has 0 aliphatic heterocycles. The van der Waals surface area contributed by atoms with Crippen LogP contribution in [-0.2, 0) is 6.54 Å². The summed E-state index contributed by atoms with van der Waals surface area (Å²) >= 11 is 13.2. The van der Waals surface area contributed by atoms with E-state index in [1.165, 1.54) is 0 Å². The second kappa shape index (κ2) is 7.92. The van der Waals surface area contributed by atoms with Crippen molar-refractivity contribution < 1.29 is 0 Å². The van der Waals surface area contributed by atoms with Crippen molar-refractivity contribution in [1.29, 1.82) is 0 Å². The number of imidazole rings is 1. The smallest absolute Gasteiger partial charge is 0.105 e. The number of rotatable bonds is 5. The molecule has 0 saturated carbocycles. The number of nitrogens with one attached hydrogen (secondary N) is 1. The largest absolute Gasteiger partial charge is 0.319 e. The van der Waals surface area contributed by atoms with Crippen molar-refractivity contribution in [2.45, 2.75) is 6.54 Å². The van der Waals surface area contributed by atoms with E-state index in [1.807, 2.05) is 34.9 Å². The molecule has 0 amide bonds. The molecule has 0 radical (unpaired) electrons. The summed E-state index contributed by atoms with van der Waals surface area (Å²) in [4.78, 5) is 8.22. The third kappa shape index (κ3) is 4.03. The number of hydrogen-bond donors (Lipinski definition) is 1. The Bertz CT molecular complexity index is 878. The second-order valence-electron chi connectivity index (χ2n) is 4.85. The van der Waals surface area contributed by atoms with E-state index in [1.54, 1.807) is 24.9 Å². The van der Waals surface area contributed by atoms with Gasteiger partial charge in [-0.1, -0.05) is 23.7 Å². The van der Waals surface area contributed by atoms with E-state index in [0.717, 1.165) is 26.0 Å². The molecule has 0 saturated heterocycles. The van der Waals surface area contributed by atoms with Crippen LogP contribution in [0.25, 0.3) is 0 Å². The van der Waals surface area contributed by atoms with Gasteiger partial charge in [-0.25, -0.2) is 4.98 Å². The van der Waals surface area contributed by atoms with Gasteiger partial charge < -0.3 is 4.57 Å². The number of para-hydroxylation sites is 1. The minimum atomic E-state index is 0.528. The number of benzene rings is 1. The van der Waals surface area contributed by atoms with Gasteiger partial charge in [0.05, 0.1) is 35.5 Å². The molecule has 0 fully saturated rings. The highest BCUT2D eigenvalue weighted by molar-refractivity contribution is 9.10. The first-order valence-corrected chi connectivity index (χ1v) is 8.94. The summed E-state index contributed by atoms with van der Waals surface area (Å²) in [5.74, 6) is 0. The zero-order valence-electron chi connectivity index (χ0n) is 12.3. The van der Waals surface area contributed by atoms with Crippen molar-refractivity contribution in [2.24, 2.45) is 5.10 Å². The standard InChI is InChI=1S/C16H12Br2ClN5/c17-12-7-20-6-5-11(12)15(9-24-10-21-8-16(24)18)23-22-14-4-2-1-3-13(14)19/h1-8,10,22H,9H2. The molecule has 5 nitrogen and oxygen atoms in total. The molecule has 0 bridgehead atoms. The fraction of sp³-hybridized carbons (Fsp3) is 0.0625. The molecular weight excluding hydrogens is 457 g/mol. The van der Waals surface area contributed by atoms with E-state index < -0.39 is 0 Å². The fourth-order valence-corrected chi connectivity index (χ4v) is 3.04. The van der Waals surface area contributed by atoms with Crippen molar-refractivity contribution in [1.82, 2.24) is 14.5 Å².